The number of carbonyl (C=O) groups excluding carboxylic acids is 1. The lowest BCUT2D eigenvalue weighted by Crippen LogP contribution is -2.13. The maximum atomic E-state index is 13.0. The van der Waals surface area contributed by atoms with E-state index in [1.165, 1.54) is 10.9 Å². The Bertz CT molecular complexity index is 627. The first-order valence-corrected chi connectivity index (χ1v) is 6.57. The van der Waals surface area contributed by atoms with Gasteiger partial charge in [0.05, 0.1) is 35.6 Å². The first kappa shape index (κ1) is 14.5. The van der Waals surface area contributed by atoms with Crippen molar-refractivity contribution in [3.63, 3.8) is 0 Å². The fraction of sp³-hybridized carbons (Fsp3) is 0.286. The van der Waals surface area contributed by atoms with E-state index in [9.17, 15) is 9.18 Å². The summed E-state index contributed by atoms with van der Waals surface area (Å²) in [6, 6.07) is 5.11. The molecule has 106 valence electrons. The number of esters is 1. The second-order valence-electron chi connectivity index (χ2n) is 4.29. The summed E-state index contributed by atoms with van der Waals surface area (Å²) in [6.07, 6.45) is 2.33. The Kier molecular flexibility index (Phi) is 4.39. The van der Waals surface area contributed by atoms with Crippen molar-refractivity contribution in [2.45, 2.75) is 19.8 Å². The molecule has 2 aromatic rings. The van der Waals surface area contributed by atoms with Gasteiger partial charge in [-0.05, 0) is 31.5 Å². The van der Waals surface area contributed by atoms with Gasteiger partial charge in [0.2, 0.25) is 0 Å². The van der Waals surface area contributed by atoms with Crippen LogP contribution in [-0.4, -0.2) is 22.4 Å². The molecule has 1 heterocycles. The molecule has 0 aliphatic carbocycles. The van der Waals surface area contributed by atoms with Crippen molar-refractivity contribution in [1.29, 1.82) is 0 Å². The van der Waals surface area contributed by atoms with Crippen LogP contribution < -0.4 is 0 Å². The molecule has 1 atom stereocenters. The molecule has 2 rings (SSSR count). The maximum absolute atomic E-state index is 13.0. The van der Waals surface area contributed by atoms with Crippen molar-refractivity contribution in [3.8, 4) is 5.69 Å². The third-order valence-electron chi connectivity index (χ3n) is 2.91. The summed E-state index contributed by atoms with van der Waals surface area (Å²) in [6.45, 7) is 3.84. The first-order chi connectivity index (χ1) is 9.52. The van der Waals surface area contributed by atoms with Gasteiger partial charge in [-0.25, -0.2) is 9.07 Å². The van der Waals surface area contributed by atoms with Crippen molar-refractivity contribution < 1.29 is 13.9 Å². The summed E-state index contributed by atoms with van der Waals surface area (Å²) in [5.74, 6) is -1.15. The largest absolute Gasteiger partial charge is 0.466 e. The molecule has 0 aliphatic rings. The first-order valence-electron chi connectivity index (χ1n) is 6.19. The fourth-order valence-electron chi connectivity index (χ4n) is 1.81. The second-order valence-corrected chi connectivity index (χ2v) is 4.69. The Balaban J connectivity index is 2.28. The minimum absolute atomic E-state index is 0.304. The molecule has 0 radical (unpaired) electrons. The molecule has 0 fully saturated rings. The van der Waals surface area contributed by atoms with Gasteiger partial charge in [0.25, 0.3) is 0 Å². The van der Waals surface area contributed by atoms with Crippen LogP contribution in [0.15, 0.2) is 30.6 Å². The van der Waals surface area contributed by atoms with Crippen LogP contribution in [0.1, 0.15) is 25.3 Å². The Morgan fingerprint density at radius 1 is 1.55 bits per heavy atom. The molecule has 1 aromatic carbocycles. The predicted octanol–water partition coefficient (Wildman–Crippen LogP) is 3.33. The lowest BCUT2D eigenvalue weighted by Gasteiger charge is -2.12. The predicted molar refractivity (Wildman–Crippen MR) is 73.6 cm³/mol. The molecule has 1 unspecified atom stereocenters. The summed E-state index contributed by atoms with van der Waals surface area (Å²) in [5.41, 5.74) is 1.29. The third-order valence-corrected chi connectivity index (χ3v) is 3.21. The van der Waals surface area contributed by atoms with Crippen LogP contribution in [0, 0.1) is 5.82 Å². The molecule has 0 saturated heterocycles. The summed E-state index contributed by atoms with van der Waals surface area (Å²) in [4.78, 5) is 11.7. The van der Waals surface area contributed by atoms with Gasteiger partial charge in [-0.15, -0.1) is 0 Å². The van der Waals surface area contributed by atoms with Crippen LogP contribution in [0.2, 0.25) is 5.02 Å². The molecular formula is C14H14ClFN2O2. The van der Waals surface area contributed by atoms with Crippen LogP contribution in [0.5, 0.6) is 0 Å². The summed E-state index contributed by atoms with van der Waals surface area (Å²) < 4.78 is 19.3. The van der Waals surface area contributed by atoms with Gasteiger partial charge in [0, 0.05) is 0 Å². The van der Waals surface area contributed by atoms with Crippen molar-refractivity contribution in [2.24, 2.45) is 0 Å². The molecule has 6 heteroatoms. The van der Waals surface area contributed by atoms with Crippen molar-refractivity contribution in [1.82, 2.24) is 9.78 Å². The van der Waals surface area contributed by atoms with Gasteiger partial charge in [0.1, 0.15) is 0 Å². The van der Waals surface area contributed by atoms with E-state index in [2.05, 4.69) is 5.10 Å². The van der Waals surface area contributed by atoms with Crippen molar-refractivity contribution in [2.75, 3.05) is 6.61 Å². The smallest absolute Gasteiger partial charge is 0.313 e. The Hall–Kier alpha value is -1.88. The monoisotopic (exact) mass is 296 g/mol. The summed E-state index contributed by atoms with van der Waals surface area (Å²) in [5, 5.41) is 4.24. The zero-order valence-electron chi connectivity index (χ0n) is 11.1. The normalized spacial score (nSPS) is 12.2. The molecule has 1 aromatic heterocycles. The van der Waals surface area contributed by atoms with Crippen LogP contribution >= 0.6 is 11.6 Å². The van der Waals surface area contributed by atoms with Crippen LogP contribution in [-0.2, 0) is 9.53 Å². The number of halogens is 2. The average Bonchev–Trinajstić information content (AvgIpc) is 2.84. The molecule has 0 aliphatic heterocycles. The SMILES string of the molecule is CCOC(=O)C(C)c1ccc(-n2cc(F)cn2)c(Cl)c1. The van der Waals surface area contributed by atoms with Crippen molar-refractivity contribution >= 4 is 17.6 Å². The van der Waals surface area contributed by atoms with Crippen LogP contribution in [0.3, 0.4) is 0 Å². The van der Waals surface area contributed by atoms with Crippen LogP contribution in [0.4, 0.5) is 4.39 Å². The van der Waals surface area contributed by atoms with E-state index in [1.54, 1.807) is 32.0 Å². The van der Waals surface area contributed by atoms with Gasteiger partial charge in [0.15, 0.2) is 5.82 Å². The fourth-order valence-corrected chi connectivity index (χ4v) is 2.09. The third kappa shape index (κ3) is 2.99. The van der Waals surface area contributed by atoms with Gasteiger partial charge in [-0.1, -0.05) is 17.7 Å². The quantitative estimate of drug-likeness (QED) is 0.813. The number of ether oxygens (including phenoxy) is 1. The second kappa shape index (κ2) is 6.05. The summed E-state index contributed by atoms with van der Waals surface area (Å²) >= 11 is 6.16. The molecule has 20 heavy (non-hydrogen) atoms. The maximum Gasteiger partial charge on any atom is 0.313 e. The number of carbonyl (C=O) groups is 1. The molecule has 4 nitrogen and oxygen atoms in total. The Morgan fingerprint density at radius 3 is 2.85 bits per heavy atom. The van der Waals surface area contributed by atoms with E-state index in [0.29, 0.717) is 17.3 Å². The molecule has 0 saturated carbocycles. The minimum atomic E-state index is -0.440. The van der Waals surface area contributed by atoms with Gasteiger partial charge >= 0.3 is 5.97 Å². The standard InChI is InChI=1S/C14H14ClFN2O2/c1-3-20-14(19)9(2)10-4-5-13(12(15)6-10)18-8-11(16)7-17-18/h4-9H,3H2,1-2H3. The van der Waals surface area contributed by atoms with E-state index in [-0.39, 0.29) is 5.97 Å². The molecule has 0 bridgehead atoms. The average molecular weight is 297 g/mol. The number of hydrogen-bond donors (Lipinski definition) is 0. The minimum Gasteiger partial charge on any atom is -0.466 e. The van der Waals surface area contributed by atoms with E-state index >= 15 is 0 Å². The van der Waals surface area contributed by atoms with Gasteiger partial charge < -0.3 is 4.74 Å². The molecule has 0 N–H and O–H groups in total. The highest BCUT2D eigenvalue weighted by molar-refractivity contribution is 6.32. The van der Waals surface area contributed by atoms with Gasteiger partial charge in [-0.2, -0.15) is 5.10 Å². The highest BCUT2D eigenvalue weighted by Gasteiger charge is 2.17. The highest BCUT2D eigenvalue weighted by atomic mass is 35.5. The van der Waals surface area contributed by atoms with E-state index < -0.39 is 11.7 Å². The summed E-state index contributed by atoms with van der Waals surface area (Å²) in [7, 11) is 0. The highest BCUT2D eigenvalue weighted by Crippen LogP contribution is 2.26. The topological polar surface area (TPSA) is 44.1 Å². The van der Waals surface area contributed by atoms with Crippen molar-refractivity contribution in [3.05, 3.63) is 47.0 Å². The molecule has 0 spiro atoms. The zero-order chi connectivity index (χ0) is 14.7. The molecular weight excluding hydrogens is 283 g/mol. The number of hydrogen-bond acceptors (Lipinski definition) is 3. The van der Waals surface area contributed by atoms with Crippen LogP contribution in [0.25, 0.3) is 5.69 Å². The van der Waals surface area contributed by atoms with E-state index in [4.69, 9.17) is 16.3 Å². The number of nitrogens with zero attached hydrogens (tertiary/aromatic N) is 2. The van der Waals surface area contributed by atoms with E-state index in [0.717, 1.165) is 11.8 Å². The number of rotatable bonds is 4. The number of aromatic nitrogens is 2. The molecule has 0 amide bonds. The van der Waals surface area contributed by atoms with Gasteiger partial charge in [-0.3, -0.25) is 4.79 Å². The zero-order valence-corrected chi connectivity index (χ0v) is 11.9. The Labute approximate surface area is 121 Å². The van der Waals surface area contributed by atoms with E-state index in [1.807, 2.05) is 0 Å². The lowest BCUT2D eigenvalue weighted by atomic mass is 10.0. The Morgan fingerprint density at radius 2 is 2.30 bits per heavy atom. The number of benzene rings is 1. The lowest BCUT2D eigenvalue weighted by molar-refractivity contribution is -0.144.